The van der Waals surface area contributed by atoms with E-state index in [1.807, 2.05) is 26.0 Å². The topological polar surface area (TPSA) is 70.6 Å². The van der Waals surface area contributed by atoms with Crippen LogP contribution in [-0.2, 0) is 13.0 Å². The van der Waals surface area contributed by atoms with E-state index in [1.54, 1.807) is 6.92 Å². The molecule has 0 unspecified atom stereocenters. The summed E-state index contributed by atoms with van der Waals surface area (Å²) >= 11 is 0. The molecule has 0 spiro atoms. The summed E-state index contributed by atoms with van der Waals surface area (Å²) in [5, 5.41) is 15.2. The second kappa shape index (κ2) is 7.01. The molecule has 0 bridgehead atoms. The zero-order valence-electron chi connectivity index (χ0n) is 13.6. The van der Waals surface area contributed by atoms with Crippen LogP contribution in [0.4, 0.5) is 4.79 Å². The van der Waals surface area contributed by atoms with E-state index in [0.29, 0.717) is 19.5 Å². The first-order chi connectivity index (χ1) is 10.4. The number of fused-ring (bicyclic) bond motifs is 1. The van der Waals surface area contributed by atoms with Crippen molar-refractivity contribution < 1.29 is 14.6 Å². The van der Waals surface area contributed by atoms with Gasteiger partial charge in [-0.3, -0.25) is 0 Å². The van der Waals surface area contributed by atoms with Crippen molar-refractivity contribution in [1.82, 2.24) is 10.6 Å². The maximum atomic E-state index is 11.9. The molecule has 2 rings (SSSR count). The van der Waals surface area contributed by atoms with Crippen LogP contribution < -0.4 is 15.4 Å². The number of nitrogens with one attached hydrogen (secondary N) is 2. The van der Waals surface area contributed by atoms with Crippen molar-refractivity contribution in [1.29, 1.82) is 0 Å². The molecule has 1 aromatic carbocycles. The van der Waals surface area contributed by atoms with E-state index in [1.165, 1.54) is 5.56 Å². The zero-order chi connectivity index (χ0) is 16.2. The highest BCUT2D eigenvalue weighted by Crippen LogP contribution is 2.25. The highest BCUT2D eigenvalue weighted by atomic mass is 16.5. The van der Waals surface area contributed by atoms with Gasteiger partial charge < -0.3 is 20.5 Å². The Bertz CT molecular complexity index is 527. The second-order valence-electron chi connectivity index (χ2n) is 6.79. The molecule has 0 fully saturated rings. The SMILES string of the molecule is C[C@@H](O)CC(C)(C)CNC(=O)NCc1ccc2c(c1)CCO2. The minimum Gasteiger partial charge on any atom is -0.493 e. The zero-order valence-corrected chi connectivity index (χ0v) is 13.6. The van der Waals surface area contributed by atoms with Crippen LogP contribution in [0.1, 0.15) is 38.3 Å². The van der Waals surface area contributed by atoms with Crippen LogP contribution in [0, 0.1) is 5.41 Å². The van der Waals surface area contributed by atoms with Gasteiger partial charge in [-0.05, 0) is 36.0 Å². The molecule has 122 valence electrons. The summed E-state index contributed by atoms with van der Waals surface area (Å²) in [4.78, 5) is 11.9. The number of rotatable bonds is 6. The molecule has 1 aliphatic heterocycles. The number of hydrogen-bond donors (Lipinski definition) is 3. The third kappa shape index (κ3) is 4.91. The standard InChI is InChI=1S/C17H26N2O3/c1-12(20)9-17(2,3)11-19-16(21)18-10-13-4-5-15-14(8-13)6-7-22-15/h4-5,8,12,20H,6-7,9-11H2,1-3H3,(H2,18,19,21)/t12-/m1/s1. The summed E-state index contributed by atoms with van der Waals surface area (Å²) in [5.41, 5.74) is 2.15. The maximum Gasteiger partial charge on any atom is 0.315 e. The minimum atomic E-state index is -0.367. The predicted molar refractivity (Wildman–Crippen MR) is 86.0 cm³/mol. The molecule has 0 aromatic heterocycles. The molecule has 5 nitrogen and oxygen atoms in total. The van der Waals surface area contributed by atoms with E-state index in [4.69, 9.17) is 4.74 Å². The van der Waals surface area contributed by atoms with Gasteiger partial charge in [-0.25, -0.2) is 4.79 Å². The Morgan fingerprint density at radius 1 is 1.41 bits per heavy atom. The Morgan fingerprint density at radius 3 is 2.91 bits per heavy atom. The normalized spacial score (nSPS) is 14.9. The third-order valence-electron chi connectivity index (χ3n) is 3.78. The molecule has 1 atom stereocenters. The van der Waals surface area contributed by atoms with Crippen LogP contribution in [0.3, 0.4) is 0 Å². The van der Waals surface area contributed by atoms with Gasteiger partial charge in [0, 0.05) is 19.5 Å². The fourth-order valence-corrected chi connectivity index (χ4v) is 2.79. The van der Waals surface area contributed by atoms with Crippen LogP contribution in [0.25, 0.3) is 0 Å². The highest BCUT2D eigenvalue weighted by Gasteiger charge is 2.21. The molecule has 1 aromatic rings. The van der Waals surface area contributed by atoms with Gasteiger partial charge in [-0.15, -0.1) is 0 Å². The number of hydrogen-bond acceptors (Lipinski definition) is 3. The lowest BCUT2D eigenvalue weighted by molar-refractivity contribution is 0.129. The average Bonchev–Trinajstić information content (AvgIpc) is 2.89. The van der Waals surface area contributed by atoms with Gasteiger partial charge in [-0.1, -0.05) is 26.0 Å². The first kappa shape index (κ1) is 16.6. The summed E-state index contributed by atoms with van der Waals surface area (Å²) in [6, 6.07) is 5.83. The Morgan fingerprint density at radius 2 is 2.18 bits per heavy atom. The largest absolute Gasteiger partial charge is 0.493 e. The lowest BCUT2D eigenvalue weighted by Crippen LogP contribution is -2.41. The lowest BCUT2D eigenvalue weighted by atomic mass is 9.87. The van der Waals surface area contributed by atoms with Crippen molar-refractivity contribution in [3.8, 4) is 5.75 Å². The van der Waals surface area contributed by atoms with Crippen molar-refractivity contribution in [2.45, 2.75) is 46.3 Å². The monoisotopic (exact) mass is 306 g/mol. The smallest absolute Gasteiger partial charge is 0.315 e. The Balaban J connectivity index is 1.76. The van der Waals surface area contributed by atoms with Gasteiger partial charge in [-0.2, -0.15) is 0 Å². The van der Waals surface area contributed by atoms with Crippen molar-refractivity contribution in [2.24, 2.45) is 5.41 Å². The van der Waals surface area contributed by atoms with Crippen LogP contribution in [0.15, 0.2) is 18.2 Å². The molecular weight excluding hydrogens is 280 g/mol. The van der Waals surface area contributed by atoms with Crippen molar-refractivity contribution in [3.63, 3.8) is 0 Å². The fourth-order valence-electron chi connectivity index (χ4n) is 2.79. The molecule has 0 saturated heterocycles. The molecule has 0 aliphatic carbocycles. The summed E-state index contributed by atoms with van der Waals surface area (Å²) in [6.45, 7) is 7.59. The summed E-state index contributed by atoms with van der Waals surface area (Å²) in [5.74, 6) is 0.952. The molecule has 22 heavy (non-hydrogen) atoms. The van der Waals surface area contributed by atoms with E-state index in [-0.39, 0.29) is 17.6 Å². The van der Waals surface area contributed by atoms with E-state index < -0.39 is 0 Å². The number of amides is 2. The van der Waals surface area contributed by atoms with Gasteiger partial charge in [0.05, 0.1) is 12.7 Å². The first-order valence-corrected chi connectivity index (χ1v) is 7.80. The van der Waals surface area contributed by atoms with Crippen LogP contribution >= 0.6 is 0 Å². The van der Waals surface area contributed by atoms with Crippen LogP contribution in [0.5, 0.6) is 5.75 Å². The third-order valence-corrected chi connectivity index (χ3v) is 3.78. The second-order valence-corrected chi connectivity index (χ2v) is 6.79. The Kier molecular flexibility index (Phi) is 5.29. The molecule has 3 N–H and O–H groups in total. The quantitative estimate of drug-likeness (QED) is 0.754. The number of ether oxygens (including phenoxy) is 1. The lowest BCUT2D eigenvalue weighted by Gasteiger charge is -2.26. The fraction of sp³-hybridized carbons (Fsp3) is 0.588. The number of benzene rings is 1. The van der Waals surface area contributed by atoms with E-state index in [9.17, 15) is 9.90 Å². The van der Waals surface area contributed by atoms with Gasteiger partial charge >= 0.3 is 6.03 Å². The van der Waals surface area contributed by atoms with E-state index >= 15 is 0 Å². The summed E-state index contributed by atoms with van der Waals surface area (Å²) in [6.07, 6.45) is 1.22. The highest BCUT2D eigenvalue weighted by molar-refractivity contribution is 5.73. The predicted octanol–water partition coefficient (Wildman–Crippen LogP) is 2.22. The average molecular weight is 306 g/mol. The molecule has 2 amide bonds. The number of aliphatic hydroxyl groups is 1. The minimum absolute atomic E-state index is 0.129. The Hall–Kier alpha value is -1.75. The van der Waals surface area contributed by atoms with E-state index in [0.717, 1.165) is 24.3 Å². The summed E-state index contributed by atoms with van der Waals surface area (Å²) < 4.78 is 5.47. The molecule has 1 aliphatic rings. The number of carbonyl (C=O) groups is 1. The number of urea groups is 1. The number of carbonyl (C=O) groups excluding carboxylic acids is 1. The molecule has 1 heterocycles. The van der Waals surface area contributed by atoms with Crippen molar-refractivity contribution >= 4 is 6.03 Å². The first-order valence-electron chi connectivity index (χ1n) is 7.80. The van der Waals surface area contributed by atoms with Crippen LogP contribution in [0.2, 0.25) is 0 Å². The van der Waals surface area contributed by atoms with Gasteiger partial charge in [0.15, 0.2) is 0 Å². The van der Waals surface area contributed by atoms with E-state index in [2.05, 4.69) is 16.7 Å². The molecular formula is C17H26N2O3. The molecule has 5 heteroatoms. The molecule has 0 saturated carbocycles. The van der Waals surface area contributed by atoms with Gasteiger partial charge in [0.2, 0.25) is 0 Å². The van der Waals surface area contributed by atoms with Crippen molar-refractivity contribution in [3.05, 3.63) is 29.3 Å². The van der Waals surface area contributed by atoms with Gasteiger partial charge in [0.1, 0.15) is 5.75 Å². The van der Waals surface area contributed by atoms with Gasteiger partial charge in [0.25, 0.3) is 0 Å². The molecule has 0 radical (unpaired) electrons. The Labute approximate surface area is 132 Å². The van der Waals surface area contributed by atoms with Crippen LogP contribution in [-0.4, -0.2) is 30.4 Å². The summed E-state index contributed by atoms with van der Waals surface area (Å²) in [7, 11) is 0. The maximum absolute atomic E-state index is 11.9. The number of aliphatic hydroxyl groups excluding tert-OH is 1. The van der Waals surface area contributed by atoms with Crippen molar-refractivity contribution in [2.75, 3.05) is 13.2 Å².